The van der Waals surface area contributed by atoms with E-state index in [2.05, 4.69) is 24.1 Å². The van der Waals surface area contributed by atoms with Crippen LogP contribution in [0.25, 0.3) is 0 Å². The van der Waals surface area contributed by atoms with Crippen molar-refractivity contribution in [1.29, 1.82) is 0 Å². The van der Waals surface area contributed by atoms with Crippen LogP contribution in [0.3, 0.4) is 0 Å². The van der Waals surface area contributed by atoms with Gasteiger partial charge < -0.3 is 9.47 Å². The Morgan fingerprint density at radius 2 is 2.00 bits per heavy atom. The van der Waals surface area contributed by atoms with Crippen molar-refractivity contribution in [2.45, 2.75) is 44.9 Å². The molecule has 0 saturated carbocycles. The van der Waals surface area contributed by atoms with Gasteiger partial charge in [0.25, 0.3) is 0 Å². The first-order chi connectivity index (χ1) is 9.17. The lowest BCUT2D eigenvalue weighted by Crippen LogP contribution is -2.44. The molecule has 1 spiro atoms. The number of piperidine rings is 1. The third-order valence-electron chi connectivity index (χ3n) is 3.88. The van der Waals surface area contributed by atoms with Crippen molar-refractivity contribution in [3.63, 3.8) is 0 Å². The second-order valence-corrected chi connectivity index (χ2v) is 6.61. The van der Waals surface area contributed by atoms with Gasteiger partial charge in [-0.05, 0) is 0 Å². The van der Waals surface area contributed by atoms with E-state index < -0.39 is 0 Å². The standard InChI is InChI=1S/C14H22N2O2S/c1-11(2)13-15-12(10-19-13)9-16-5-3-14(4-6-16)17-7-8-18-14/h10-11H,3-9H2,1-2H3. The van der Waals surface area contributed by atoms with E-state index in [1.807, 2.05) is 0 Å². The molecule has 5 heteroatoms. The van der Waals surface area contributed by atoms with Gasteiger partial charge in [-0.25, -0.2) is 4.98 Å². The van der Waals surface area contributed by atoms with Crippen LogP contribution in [0, 0.1) is 0 Å². The van der Waals surface area contributed by atoms with Gasteiger partial charge in [-0.1, -0.05) is 13.8 Å². The monoisotopic (exact) mass is 282 g/mol. The number of aromatic nitrogens is 1. The number of nitrogens with zero attached hydrogens (tertiary/aromatic N) is 2. The van der Waals surface area contributed by atoms with Gasteiger partial charge in [0, 0.05) is 43.8 Å². The van der Waals surface area contributed by atoms with Crippen LogP contribution in [-0.4, -0.2) is 42.0 Å². The molecule has 3 rings (SSSR count). The maximum Gasteiger partial charge on any atom is 0.170 e. The van der Waals surface area contributed by atoms with Crippen LogP contribution in [0.1, 0.15) is 43.3 Å². The van der Waals surface area contributed by atoms with Crippen LogP contribution in [-0.2, 0) is 16.0 Å². The van der Waals surface area contributed by atoms with Crippen molar-refractivity contribution in [2.24, 2.45) is 0 Å². The van der Waals surface area contributed by atoms with Crippen molar-refractivity contribution in [1.82, 2.24) is 9.88 Å². The molecule has 0 N–H and O–H groups in total. The Morgan fingerprint density at radius 1 is 1.32 bits per heavy atom. The van der Waals surface area contributed by atoms with Gasteiger partial charge in [0.1, 0.15) is 0 Å². The fraction of sp³-hybridized carbons (Fsp3) is 0.786. The minimum absolute atomic E-state index is 0.262. The molecule has 0 aliphatic carbocycles. The summed E-state index contributed by atoms with van der Waals surface area (Å²) in [5.41, 5.74) is 1.21. The maximum absolute atomic E-state index is 5.75. The molecule has 0 bridgehead atoms. The first kappa shape index (κ1) is 13.5. The Kier molecular flexibility index (Phi) is 3.89. The number of hydrogen-bond donors (Lipinski definition) is 0. The number of ether oxygens (including phenoxy) is 2. The van der Waals surface area contributed by atoms with Crippen molar-refractivity contribution < 1.29 is 9.47 Å². The summed E-state index contributed by atoms with van der Waals surface area (Å²) in [6.07, 6.45) is 1.96. The van der Waals surface area contributed by atoms with Gasteiger partial charge >= 0.3 is 0 Å². The van der Waals surface area contributed by atoms with E-state index in [0.29, 0.717) is 5.92 Å². The molecule has 2 aliphatic heterocycles. The number of rotatable bonds is 3. The molecule has 106 valence electrons. The molecule has 0 unspecified atom stereocenters. The van der Waals surface area contributed by atoms with E-state index in [4.69, 9.17) is 14.5 Å². The van der Waals surface area contributed by atoms with Crippen LogP contribution in [0.5, 0.6) is 0 Å². The number of hydrogen-bond acceptors (Lipinski definition) is 5. The number of likely N-dealkylation sites (tertiary alicyclic amines) is 1. The first-order valence-electron chi connectivity index (χ1n) is 7.11. The summed E-state index contributed by atoms with van der Waals surface area (Å²) in [4.78, 5) is 7.16. The molecular formula is C14H22N2O2S. The lowest BCUT2D eigenvalue weighted by molar-refractivity contribution is -0.185. The van der Waals surface area contributed by atoms with Crippen molar-refractivity contribution in [3.8, 4) is 0 Å². The largest absolute Gasteiger partial charge is 0.347 e. The topological polar surface area (TPSA) is 34.6 Å². The van der Waals surface area contributed by atoms with Crippen molar-refractivity contribution in [2.75, 3.05) is 26.3 Å². The Morgan fingerprint density at radius 3 is 2.58 bits per heavy atom. The molecule has 0 atom stereocenters. The smallest absolute Gasteiger partial charge is 0.170 e. The van der Waals surface area contributed by atoms with Gasteiger partial charge in [-0.3, -0.25) is 4.90 Å². The predicted molar refractivity (Wildman–Crippen MR) is 75.3 cm³/mol. The summed E-state index contributed by atoms with van der Waals surface area (Å²) >= 11 is 1.78. The maximum atomic E-state index is 5.75. The average molecular weight is 282 g/mol. The second-order valence-electron chi connectivity index (χ2n) is 5.72. The summed E-state index contributed by atoms with van der Waals surface area (Å²) < 4.78 is 11.5. The summed E-state index contributed by atoms with van der Waals surface area (Å²) in [7, 11) is 0. The first-order valence-corrected chi connectivity index (χ1v) is 7.99. The molecule has 2 aliphatic rings. The van der Waals surface area contributed by atoms with E-state index in [-0.39, 0.29) is 5.79 Å². The number of thiazole rings is 1. The average Bonchev–Trinajstić information content (AvgIpc) is 3.02. The van der Waals surface area contributed by atoms with Gasteiger partial charge in [0.2, 0.25) is 0 Å². The zero-order valence-electron chi connectivity index (χ0n) is 11.7. The van der Waals surface area contributed by atoms with Crippen molar-refractivity contribution in [3.05, 3.63) is 16.1 Å². The molecular weight excluding hydrogens is 260 g/mol. The summed E-state index contributed by atoms with van der Waals surface area (Å²) in [5, 5.41) is 3.44. The third kappa shape index (κ3) is 2.99. The van der Waals surface area contributed by atoms with E-state index in [1.165, 1.54) is 10.7 Å². The van der Waals surface area contributed by atoms with E-state index >= 15 is 0 Å². The molecule has 19 heavy (non-hydrogen) atoms. The fourth-order valence-electron chi connectivity index (χ4n) is 2.73. The van der Waals surface area contributed by atoms with E-state index in [0.717, 1.165) is 45.7 Å². The molecule has 1 aromatic rings. The Balaban J connectivity index is 1.54. The minimum atomic E-state index is -0.262. The summed E-state index contributed by atoms with van der Waals surface area (Å²) in [6, 6.07) is 0. The Bertz CT molecular complexity index is 417. The van der Waals surface area contributed by atoms with Gasteiger partial charge in [-0.2, -0.15) is 0 Å². The summed E-state index contributed by atoms with van der Waals surface area (Å²) in [6.45, 7) is 8.93. The van der Waals surface area contributed by atoms with Gasteiger partial charge in [-0.15, -0.1) is 11.3 Å². The molecule has 1 aromatic heterocycles. The second kappa shape index (κ2) is 5.48. The fourth-order valence-corrected chi connectivity index (χ4v) is 3.55. The molecule has 3 heterocycles. The van der Waals surface area contributed by atoms with Gasteiger partial charge in [0.05, 0.1) is 23.9 Å². The lowest BCUT2D eigenvalue weighted by Gasteiger charge is -2.37. The highest BCUT2D eigenvalue weighted by Gasteiger charge is 2.39. The Hall–Kier alpha value is -0.490. The molecule has 2 saturated heterocycles. The van der Waals surface area contributed by atoms with E-state index in [9.17, 15) is 0 Å². The van der Waals surface area contributed by atoms with Crippen LogP contribution in [0.2, 0.25) is 0 Å². The lowest BCUT2D eigenvalue weighted by atomic mass is 10.0. The molecule has 0 radical (unpaired) electrons. The SMILES string of the molecule is CC(C)c1nc(CN2CCC3(CC2)OCCO3)cs1. The molecule has 2 fully saturated rings. The van der Waals surface area contributed by atoms with E-state index in [1.54, 1.807) is 11.3 Å². The van der Waals surface area contributed by atoms with Crippen LogP contribution >= 0.6 is 11.3 Å². The highest BCUT2D eigenvalue weighted by Crippen LogP contribution is 2.31. The molecule has 0 aromatic carbocycles. The Labute approximate surface area is 118 Å². The molecule has 0 amide bonds. The van der Waals surface area contributed by atoms with Crippen molar-refractivity contribution >= 4 is 11.3 Å². The highest BCUT2D eigenvalue weighted by molar-refractivity contribution is 7.09. The van der Waals surface area contributed by atoms with Gasteiger partial charge in [0.15, 0.2) is 5.79 Å². The molecule has 4 nitrogen and oxygen atoms in total. The van der Waals surface area contributed by atoms with Crippen LogP contribution in [0.15, 0.2) is 5.38 Å². The third-order valence-corrected chi connectivity index (χ3v) is 5.07. The zero-order chi connectivity index (χ0) is 13.3. The highest BCUT2D eigenvalue weighted by atomic mass is 32.1. The predicted octanol–water partition coefficient (Wildman–Crippen LogP) is 2.61. The normalized spacial score (nSPS) is 23.5. The van der Waals surface area contributed by atoms with Crippen LogP contribution < -0.4 is 0 Å². The minimum Gasteiger partial charge on any atom is -0.347 e. The quantitative estimate of drug-likeness (QED) is 0.853. The van der Waals surface area contributed by atoms with Crippen LogP contribution in [0.4, 0.5) is 0 Å². The zero-order valence-corrected chi connectivity index (χ0v) is 12.5. The summed E-state index contributed by atoms with van der Waals surface area (Å²) in [5.74, 6) is 0.269.